The van der Waals surface area contributed by atoms with Crippen molar-refractivity contribution in [2.75, 3.05) is 39.3 Å². The third kappa shape index (κ3) is 8.26. The summed E-state index contributed by atoms with van der Waals surface area (Å²) >= 11 is 0. The molecule has 0 bridgehead atoms. The highest BCUT2D eigenvalue weighted by Crippen LogP contribution is 2.39. The molecule has 0 aliphatic carbocycles. The lowest BCUT2D eigenvalue weighted by Gasteiger charge is -2.37. The normalized spacial score (nSPS) is 21.0. The van der Waals surface area contributed by atoms with Crippen molar-refractivity contribution < 1.29 is 9.59 Å². The van der Waals surface area contributed by atoms with Crippen LogP contribution in [0.25, 0.3) is 33.6 Å². The SMILES string of the molecule is O=C([C@@H](c1ccccc1)N1CCCCC1)N1CCCC1c1ncc(-c2ccc(-c3ccc(-c4cnc(C5CCCN5C(=O)[C@@H](c5ccccc5)N5CCCCC5)[nH]4)cc3)cc2)[nH]1. The number of rotatable bonds is 11. The molecule has 2 N–H and O–H groups in total. The highest BCUT2D eigenvalue weighted by Gasteiger charge is 2.40. The largest absolute Gasteiger partial charge is 0.340 e. The molecule has 4 atom stereocenters. The van der Waals surface area contributed by atoms with Gasteiger partial charge in [-0.15, -0.1) is 0 Å². The molecular formula is C52H58N8O2. The molecule has 6 aromatic rings. The number of nitrogens with one attached hydrogen (secondary N) is 2. The van der Waals surface area contributed by atoms with Crippen LogP contribution >= 0.6 is 0 Å². The van der Waals surface area contributed by atoms with Crippen LogP contribution in [0.3, 0.4) is 0 Å². The molecule has 4 fully saturated rings. The number of nitrogens with zero attached hydrogens (tertiary/aromatic N) is 6. The number of H-pyrrole nitrogens is 2. The van der Waals surface area contributed by atoms with Crippen LogP contribution in [0.15, 0.2) is 122 Å². The number of hydrogen-bond donors (Lipinski definition) is 2. The van der Waals surface area contributed by atoms with Gasteiger partial charge in [-0.1, -0.05) is 122 Å². The fraction of sp³-hybridized carbons (Fsp3) is 0.385. The molecule has 2 amide bonds. The van der Waals surface area contributed by atoms with Gasteiger partial charge in [-0.25, -0.2) is 9.97 Å². The van der Waals surface area contributed by atoms with E-state index < -0.39 is 0 Å². The smallest absolute Gasteiger partial charge is 0.245 e. The third-order valence-electron chi connectivity index (χ3n) is 13.8. The minimum absolute atomic E-state index is 0.0629. The van der Waals surface area contributed by atoms with Crippen LogP contribution in [-0.4, -0.2) is 90.6 Å². The van der Waals surface area contributed by atoms with Crippen LogP contribution in [0.5, 0.6) is 0 Å². The Kier molecular flexibility index (Phi) is 11.8. The van der Waals surface area contributed by atoms with Gasteiger partial charge in [0.1, 0.15) is 23.7 Å². The molecule has 4 aliphatic heterocycles. The molecular weight excluding hydrogens is 769 g/mol. The summed E-state index contributed by atoms with van der Waals surface area (Å²) in [7, 11) is 0. The van der Waals surface area contributed by atoms with Crippen LogP contribution in [0, 0.1) is 0 Å². The van der Waals surface area contributed by atoms with Crippen molar-refractivity contribution in [3.05, 3.63) is 144 Å². The molecule has 62 heavy (non-hydrogen) atoms. The molecule has 10 heteroatoms. The second-order valence-corrected chi connectivity index (χ2v) is 17.7. The Balaban J connectivity index is 0.804. The number of carbonyl (C=O) groups excluding carboxylic acids is 2. The van der Waals surface area contributed by atoms with Crippen LogP contribution in [0.4, 0.5) is 0 Å². The first-order valence-corrected chi connectivity index (χ1v) is 23.1. The van der Waals surface area contributed by atoms with Gasteiger partial charge < -0.3 is 19.8 Å². The standard InChI is InChI=1S/C52H58N8O2/c61-51(47(41-15-5-1-6-16-41)57-29-9-3-10-30-57)59-33-13-19-45(59)49-53-35-43(55-49)39-25-21-37(22-26-39)38-23-27-40(28-24-38)44-36-54-50(56-44)46-20-14-34-60(46)52(62)48(42-17-7-2-8-18-42)58-31-11-4-12-32-58/h1-2,5-8,15-18,21-28,35-36,45-48H,3-4,9-14,19-20,29-34H2,(H,53,55)(H,54,56)/t45?,46?,47-,48-/m1/s1. The molecule has 0 spiro atoms. The van der Waals surface area contributed by atoms with E-state index in [1.54, 1.807) is 0 Å². The zero-order valence-corrected chi connectivity index (χ0v) is 35.7. The van der Waals surface area contributed by atoms with Gasteiger partial charge in [0.15, 0.2) is 0 Å². The quantitative estimate of drug-likeness (QED) is 0.135. The number of imidazole rings is 2. The fourth-order valence-corrected chi connectivity index (χ4v) is 10.6. The number of aromatic nitrogens is 4. The summed E-state index contributed by atoms with van der Waals surface area (Å²) in [6, 6.07) is 37.2. The Bertz CT molecular complexity index is 2240. The zero-order chi connectivity index (χ0) is 41.8. The molecule has 318 valence electrons. The Labute approximate surface area is 365 Å². The van der Waals surface area contributed by atoms with Crippen molar-refractivity contribution in [2.24, 2.45) is 0 Å². The minimum atomic E-state index is -0.257. The maximum atomic E-state index is 14.4. The molecule has 10 rings (SSSR count). The van der Waals surface area contributed by atoms with E-state index in [9.17, 15) is 9.59 Å². The number of amides is 2. The molecule has 10 nitrogen and oxygen atoms in total. The van der Waals surface area contributed by atoms with E-state index in [1.807, 2.05) is 48.8 Å². The summed E-state index contributed by atoms with van der Waals surface area (Å²) in [6.07, 6.45) is 14.6. The molecule has 0 saturated carbocycles. The summed E-state index contributed by atoms with van der Waals surface area (Å²) in [5, 5.41) is 0. The van der Waals surface area contributed by atoms with E-state index >= 15 is 0 Å². The average Bonchev–Trinajstić information content (AvgIpc) is 4.19. The lowest BCUT2D eigenvalue weighted by Crippen LogP contribution is -2.44. The lowest BCUT2D eigenvalue weighted by atomic mass is 10.00. The van der Waals surface area contributed by atoms with E-state index in [-0.39, 0.29) is 36.0 Å². The first-order chi connectivity index (χ1) is 30.6. The number of piperidine rings is 2. The number of aromatic amines is 2. The number of benzene rings is 4. The second kappa shape index (κ2) is 18.2. The predicted molar refractivity (Wildman–Crippen MR) is 244 cm³/mol. The van der Waals surface area contributed by atoms with Crippen molar-refractivity contribution in [1.82, 2.24) is 39.5 Å². The Morgan fingerprint density at radius 3 is 1.21 bits per heavy atom. The highest BCUT2D eigenvalue weighted by atomic mass is 16.2. The fourth-order valence-electron chi connectivity index (χ4n) is 10.6. The monoisotopic (exact) mass is 826 g/mol. The summed E-state index contributed by atoms with van der Waals surface area (Å²) in [4.78, 5) is 54.7. The maximum Gasteiger partial charge on any atom is 0.245 e. The Morgan fingerprint density at radius 2 is 0.823 bits per heavy atom. The van der Waals surface area contributed by atoms with Gasteiger partial charge in [-0.05, 0) is 111 Å². The lowest BCUT2D eigenvalue weighted by molar-refractivity contribution is -0.139. The van der Waals surface area contributed by atoms with Crippen molar-refractivity contribution in [1.29, 1.82) is 0 Å². The zero-order valence-electron chi connectivity index (χ0n) is 35.7. The molecule has 0 radical (unpaired) electrons. The van der Waals surface area contributed by atoms with Gasteiger partial charge in [0.05, 0.1) is 35.9 Å². The van der Waals surface area contributed by atoms with Crippen molar-refractivity contribution in [3.63, 3.8) is 0 Å². The molecule has 4 aromatic carbocycles. The molecule has 4 saturated heterocycles. The van der Waals surface area contributed by atoms with E-state index in [4.69, 9.17) is 9.97 Å². The van der Waals surface area contributed by atoms with Crippen LogP contribution in [0.1, 0.15) is 111 Å². The molecule has 4 aliphatic rings. The van der Waals surface area contributed by atoms with Gasteiger partial charge in [0.2, 0.25) is 11.8 Å². The van der Waals surface area contributed by atoms with Gasteiger partial charge in [-0.2, -0.15) is 0 Å². The summed E-state index contributed by atoms with van der Waals surface area (Å²) in [5.74, 6) is 2.10. The van der Waals surface area contributed by atoms with E-state index in [1.165, 1.54) is 12.8 Å². The van der Waals surface area contributed by atoms with Gasteiger partial charge in [-0.3, -0.25) is 19.4 Å². The van der Waals surface area contributed by atoms with E-state index in [0.29, 0.717) is 0 Å². The Hall–Kier alpha value is -5.84. The third-order valence-corrected chi connectivity index (χ3v) is 13.8. The second-order valence-electron chi connectivity index (χ2n) is 17.7. The van der Waals surface area contributed by atoms with Crippen LogP contribution < -0.4 is 0 Å². The molecule has 6 heterocycles. The summed E-state index contributed by atoms with van der Waals surface area (Å²) in [6.45, 7) is 5.33. The Morgan fingerprint density at radius 1 is 0.452 bits per heavy atom. The molecule has 2 aromatic heterocycles. The van der Waals surface area contributed by atoms with E-state index in [0.717, 1.165) is 147 Å². The topological polar surface area (TPSA) is 104 Å². The van der Waals surface area contributed by atoms with Crippen LogP contribution in [-0.2, 0) is 9.59 Å². The first kappa shape index (κ1) is 40.2. The minimum Gasteiger partial charge on any atom is -0.340 e. The van der Waals surface area contributed by atoms with Gasteiger partial charge in [0.25, 0.3) is 0 Å². The summed E-state index contributed by atoms with van der Waals surface area (Å²) < 4.78 is 0. The highest BCUT2D eigenvalue weighted by molar-refractivity contribution is 5.85. The van der Waals surface area contributed by atoms with E-state index in [2.05, 4.69) is 102 Å². The van der Waals surface area contributed by atoms with Crippen molar-refractivity contribution in [3.8, 4) is 33.6 Å². The van der Waals surface area contributed by atoms with Gasteiger partial charge >= 0.3 is 0 Å². The maximum absolute atomic E-state index is 14.4. The van der Waals surface area contributed by atoms with Gasteiger partial charge in [0, 0.05) is 13.1 Å². The summed E-state index contributed by atoms with van der Waals surface area (Å²) in [5.41, 5.74) is 8.45. The van der Waals surface area contributed by atoms with Crippen molar-refractivity contribution >= 4 is 11.8 Å². The number of hydrogen-bond acceptors (Lipinski definition) is 6. The van der Waals surface area contributed by atoms with Crippen LogP contribution in [0.2, 0.25) is 0 Å². The van der Waals surface area contributed by atoms with Crippen molar-refractivity contribution in [2.45, 2.75) is 88.4 Å². The number of carbonyl (C=O) groups is 2. The number of likely N-dealkylation sites (tertiary alicyclic amines) is 4. The average molecular weight is 827 g/mol. The molecule has 2 unspecified atom stereocenters. The predicted octanol–water partition coefficient (Wildman–Crippen LogP) is 9.92. The first-order valence-electron chi connectivity index (χ1n) is 23.1.